The first kappa shape index (κ1) is 37.4. The number of aryl methyl sites for hydroxylation is 1. The van der Waals surface area contributed by atoms with Crippen molar-refractivity contribution in [2.75, 3.05) is 4.90 Å². The quantitative estimate of drug-likeness (QED) is 0.160. The predicted octanol–water partition coefficient (Wildman–Crippen LogP) is 17.4. The van der Waals surface area contributed by atoms with Crippen LogP contribution in [-0.4, -0.2) is 0 Å². The molecule has 2 aliphatic carbocycles. The van der Waals surface area contributed by atoms with E-state index in [1.165, 1.54) is 33.0 Å². The topological polar surface area (TPSA) is 29.5 Å². The van der Waals surface area contributed by atoms with Crippen molar-refractivity contribution >= 4 is 72.1 Å². The summed E-state index contributed by atoms with van der Waals surface area (Å²) in [7, 11) is 0. The summed E-state index contributed by atoms with van der Waals surface area (Å²) >= 11 is 0. The average Bonchev–Trinajstić information content (AvgIpc) is 3.95. The fourth-order valence-electron chi connectivity index (χ4n) is 10.4. The number of hydrogen-bond acceptors (Lipinski definition) is 3. The van der Waals surface area contributed by atoms with Gasteiger partial charge in [0.1, 0.15) is 22.3 Å². The van der Waals surface area contributed by atoms with Gasteiger partial charge in [0.05, 0.1) is 11.1 Å². The van der Waals surface area contributed by atoms with Crippen LogP contribution in [0, 0.1) is 0 Å². The molecule has 13 rings (SSSR count). The summed E-state index contributed by atoms with van der Waals surface area (Å²) < 4.78 is 13.8. The molecule has 0 saturated heterocycles. The van der Waals surface area contributed by atoms with Crippen LogP contribution in [0.4, 0.5) is 11.4 Å². The summed E-state index contributed by atoms with van der Waals surface area (Å²) in [4.78, 5) is 2.41. The number of nitrogens with zero attached hydrogens (tertiary/aromatic N) is 1. The second-order valence-electron chi connectivity index (χ2n) is 17.5. The summed E-state index contributed by atoms with van der Waals surface area (Å²) in [5.41, 5.74) is 17.5. The molecule has 0 aliphatic heterocycles. The Kier molecular flexibility index (Phi) is 8.80. The van der Waals surface area contributed by atoms with E-state index in [-0.39, 0.29) is 5.92 Å². The zero-order valence-corrected chi connectivity index (χ0v) is 35.7. The lowest BCUT2D eigenvalue weighted by Gasteiger charge is -2.30. The first-order valence-corrected chi connectivity index (χ1v) is 22.7. The van der Waals surface area contributed by atoms with Crippen molar-refractivity contribution in [1.29, 1.82) is 0 Å². The van der Waals surface area contributed by atoms with Gasteiger partial charge >= 0.3 is 0 Å². The number of anilines is 2. The van der Waals surface area contributed by atoms with Gasteiger partial charge in [-0.15, -0.1) is 0 Å². The van der Waals surface area contributed by atoms with Gasteiger partial charge in [0.25, 0.3) is 0 Å². The van der Waals surface area contributed by atoms with E-state index in [9.17, 15) is 0 Å². The Hall–Kier alpha value is -8.14. The highest BCUT2D eigenvalue weighted by Gasteiger charge is 2.26. The van der Waals surface area contributed by atoms with Crippen LogP contribution < -0.4 is 4.90 Å². The molecule has 11 aromatic rings. The van der Waals surface area contributed by atoms with Crippen LogP contribution in [0.3, 0.4) is 0 Å². The van der Waals surface area contributed by atoms with E-state index < -0.39 is 0 Å². The Balaban J connectivity index is 0.973. The predicted molar refractivity (Wildman–Crippen MR) is 272 cm³/mol. The molecule has 0 saturated carbocycles. The SMILES string of the molecule is C1=Cc2c(ccc3cc(C4C=CC(N(c5ccc6c(c5)oc5cc(-c7ccccc7)ccc56)c5ccc(-c6ccccc6)c6oc7cc(-c8ccccc8)ccc7c56)=CC4)ccc23)CC1. The molecule has 3 nitrogen and oxygen atoms in total. The fourth-order valence-corrected chi connectivity index (χ4v) is 10.4. The molecule has 2 aromatic heterocycles. The number of furan rings is 2. The van der Waals surface area contributed by atoms with Gasteiger partial charge in [-0.1, -0.05) is 158 Å². The zero-order valence-electron chi connectivity index (χ0n) is 35.7. The number of benzene rings is 9. The lowest BCUT2D eigenvalue weighted by molar-refractivity contribution is 0.669. The first-order chi connectivity index (χ1) is 32.2. The third-order valence-corrected chi connectivity index (χ3v) is 13.7. The standard InChI is InChI=1S/C62H43NO2/c1-4-12-40(13-5-1)46-25-31-54-55-33-29-50(39-60(55)64-58(54)37-46)63(49-27-22-42(23-28-49)45-24-30-52-48(36-45)21-20-44-18-10-11-19-51(44)52)57-35-34-53(43-16-8-3-9-17-43)62-61(57)56-32-26-47(38-59(56)65-62)41-14-6-2-7-15-41/h1-9,11-17,19-22,24-39,42H,10,18,23H2. The van der Waals surface area contributed by atoms with Crippen LogP contribution in [0.15, 0.2) is 227 Å². The highest BCUT2D eigenvalue weighted by molar-refractivity contribution is 6.17. The van der Waals surface area contributed by atoms with Gasteiger partial charge in [0.2, 0.25) is 0 Å². The molecular weight excluding hydrogens is 791 g/mol. The van der Waals surface area contributed by atoms with E-state index in [0.717, 1.165) is 108 Å². The van der Waals surface area contributed by atoms with Crippen LogP contribution >= 0.6 is 0 Å². The van der Waals surface area contributed by atoms with Gasteiger partial charge in [-0.3, -0.25) is 0 Å². The molecule has 1 unspecified atom stereocenters. The van der Waals surface area contributed by atoms with Crippen LogP contribution in [-0.2, 0) is 6.42 Å². The van der Waals surface area contributed by atoms with Crippen molar-refractivity contribution in [1.82, 2.24) is 0 Å². The van der Waals surface area contributed by atoms with E-state index in [4.69, 9.17) is 8.83 Å². The molecule has 308 valence electrons. The van der Waals surface area contributed by atoms with Crippen LogP contribution in [0.2, 0.25) is 0 Å². The van der Waals surface area contributed by atoms with Gasteiger partial charge in [0.15, 0.2) is 0 Å². The smallest absolute Gasteiger partial charge is 0.145 e. The second kappa shape index (κ2) is 15.3. The molecule has 3 heteroatoms. The van der Waals surface area contributed by atoms with Gasteiger partial charge < -0.3 is 13.7 Å². The van der Waals surface area contributed by atoms with Gasteiger partial charge in [0, 0.05) is 45.1 Å². The highest BCUT2D eigenvalue weighted by Crippen LogP contribution is 2.47. The van der Waals surface area contributed by atoms with Crippen LogP contribution in [0.5, 0.6) is 0 Å². The van der Waals surface area contributed by atoms with E-state index in [1.54, 1.807) is 0 Å². The van der Waals surface area contributed by atoms with E-state index >= 15 is 0 Å². The first-order valence-electron chi connectivity index (χ1n) is 22.7. The number of allylic oxidation sites excluding steroid dienone is 4. The monoisotopic (exact) mass is 833 g/mol. The molecule has 9 aromatic carbocycles. The fraction of sp³-hybridized carbons (Fsp3) is 0.0645. The molecule has 0 N–H and O–H groups in total. The van der Waals surface area contributed by atoms with Gasteiger partial charge in [-0.2, -0.15) is 0 Å². The average molecular weight is 834 g/mol. The molecule has 65 heavy (non-hydrogen) atoms. The Morgan fingerprint density at radius 3 is 1.88 bits per heavy atom. The molecule has 2 heterocycles. The second-order valence-corrected chi connectivity index (χ2v) is 17.5. The molecule has 0 spiro atoms. The Labute approximate surface area is 377 Å². The van der Waals surface area contributed by atoms with Crippen molar-refractivity contribution in [3.8, 4) is 33.4 Å². The minimum Gasteiger partial charge on any atom is -0.456 e. The summed E-state index contributed by atoms with van der Waals surface area (Å²) in [6.07, 6.45) is 14.8. The van der Waals surface area contributed by atoms with Crippen molar-refractivity contribution in [3.05, 3.63) is 235 Å². The minimum absolute atomic E-state index is 0.250. The highest BCUT2D eigenvalue weighted by atomic mass is 16.3. The minimum atomic E-state index is 0.250. The maximum atomic E-state index is 7.03. The van der Waals surface area contributed by atoms with Crippen LogP contribution in [0.1, 0.15) is 35.4 Å². The lowest BCUT2D eigenvalue weighted by Crippen LogP contribution is -2.17. The molecule has 1 atom stereocenters. The number of hydrogen-bond donors (Lipinski definition) is 0. The van der Waals surface area contributed by atoms with Crippen LogP contribution in [0.25, 0.3) is 94.1 Å². The summed E-state index contributed by atoms with van der Waals surface area (Å²) in [6.45, 7) is 0. The molecule has 0 bridgehead atoms. The normalized spacial score (nSPS) is 14.7. The summed E-state index contributed by atoms with van der Waals surface area (Å²) in [6, 6.07) is 67.7. The Bertz CT molecular complexity index is 3740. The summed E-state index contributed by atoms with van der Waals surface area (Å²) in [5, 5.41) is 6.98. The van der Waals surface area contributed by atoms with E-state index in [2.05, 4.69) is 223 Å². The Morgan fingerprint density at radius 1 is 0.492 bits per heavy atom. The third-order valence-electron chi connectivity index (χ3n) is 13.7. The van der Waals surface area contributed by atoms with E-state index in [1.807, 2.05) is 0 Å². The lowest BCUT2D eigenvalue weighted by atomic mass is 9.87. The molecule has 0 amide bonds. The van der Waals surface area contributed by atoms with Gasteiger partial charge in [-0.25, -0.2) is 0 Å². The zero-order chi connectivity index (χ0) is 42.8. The van der Waals surface area contributed by atoms with Crippen molar-refractivity contribution in [2.24, 2.45) is 0 Å². The third kappa shape index (κ3) is 6.42. The van der Waals surface area contributed by atoms with E-state index in [0.29, 0.717) is 0 Å². The maximum absolute atomic E-state index is 7.03. The van der Waals surface area contributed by atoms with Crippen molar-refractivity contribution in [2.45, 2.75) is 25.2 Å². The maximum Gasteiger partial charge on any atom is 0.145 e. The molecular formula is C62H43NO2. The van der Waals surface area contributed by atoms with Crippen molar-refractivity contribution < 1.29 is 8.83 Å². The molecule has 2 aliphatic rings. The Morgan fingerprint density at radius 2 is 1.15 bits per heavy atom. The number of fused-ring (bicyclic) bond motifs is 9. The van der Waals surface area contributed by atoms with Gasteiger partial charge in [-0.05, 0) is 129 Å². The molecule has 0 fully saturated rings. The largest absolute Gasteiger partial charge is 0.456 e. The van der Waals surface area contributed by atoms with Crippen molar-refractivity contribution in [3.63, 3.8) is 0 Å². The summed E-state index contributed by atoms with van der Waals surface area (Å²) in [5.74, 6) is 0.250. The number of rotatable bonds is 7. The molecule has 0 radical (unpaired) electrons.